The van der Waals surface area contributed by atoms with Gasteiger partial charge in [0.2, 0.25) is 5.95 Å². The number of aromatic nitrogens is 2. The van der Waals surface area contributed by atoms with Gasteiger partial charge in [0, 0.05) is 5.56 Å². The number of nitrogens with one attached hydrogen (secondary N) is 1. The molecule has 0 bridgehead atoms. The van der Waals surface area contributed by atoms with Crippen molar-refractivity contribution in [2.75, 3.05) is 0 Å². The minimum Gasteiger partial charge on any atom is -0.291 e. The van der Waals surface area contributed by atoms with E-state index in [1.165, 1.54) is 0 Å². The van der Waals surface area contributed by atoms with Crippen LogP contribution in [0.3, 0.4) is 0 Å². The summed E-state index contributed by atoms with van der Waals surface area (Å²) in [5.41, 5.74) is 1.32. The van der Waals surface area contributed by atoms with Crippen molar-refractivity contribution in [3.8, 4) is 0 Å². The van der Waals surface area contributed by atoms with E-state index in [1.54, 1.807) is 6.92 Å². The average Bonchev–Trinajstić information content (AvgIpc) is 2.02. The smallest absolute Gasteiger partial charge is 0.256 e. The number of aromatic amines is 1. The van der Waals surface area contributed by atoms with Crippen LogP contribution in [0.1, 0.15) is 31.0 Å². The summed E-state index contributed by atoms with van der Waals surface area (Å²) in [6.07, 6.45) is 0. The molecule has 0 unspecified atom stereocenters. The van der Waals surface area contributed by atoms with Crippen molar-refractivity contribution in [3.05, 3.63) is 21.6 Å². The third kappa shape index (κ3) is 1.83. The van der Waals surface area contributed by atoms with Crippen LogP contribution in [0, 0.1) is 6.92 Å². The highest BCUT2D eigenvalue weighted by atomic mass is 16.1. The standard InChI is InChI=1S/C9H13N3O/c1-5(2)7-6(3)11-9(10-4)12-8(7)13/h5H,4H2,1-3H3,(H,11,12,13). The summed E-state index contributed by atoms with van der Waals surface area (Å²) >= 11 is 0. The Morgan fingerprint density at radius 1 is 1.54 bits per heavy atom. The molecule has 70 valence electrons. The largest absolute Gasteiger partial charge is 0.291 e. The zero-order valence-corrected chi connectivity index (χ0v) is 8.09. The summed E-state index contributed by atoms with van der Waals surface area (Å²) in [5, 5.41) is 0. The van der Waals surface area contributed by atoms with Crippen LogP contribution in [0.25, 0.3) is 0 Å². The second-order valence-corrected chi connectivity index (χ2v) is 3.20. The maximum Gasteiger partial charge on any atom is 0.256 e. The van der Waals surface area contributed by atoms with Crippen molar-refractivity contribution < 1.29 is 0 Å². The Morgan fingerprint density at radius 2 is 2.15 bits per heavy atom. The number of nitrogens with zero attached hydrogens (tertiary/aromatic N) is 2. The Bertz CT molecular complexity index is 379. The van der Waals surface area contributed by atoms with Crippen LogP contribution in [-0.2, 0) is 0 Å². The van der Waals surface area contributed by atoms with Crippen molar-refractivity contribution in [2.45, 2.75) is 26.7 Å². The SMILES string of the molecule is C=Nc1nc(C)c(C(C)C)c(=O)[nH]1. The van der Waals surface area contributed by atoms with Crippen molar-refractivity contribution in [2.24, 2.45) is 4.99 Å². The van der Waals surface area contributed by atoms with Gasteiger partial charge in [-0.15, -0.1) is 0 Å². The molecule has 0 saturated carbocycles. The summed E-state index contributed by atoms with van der Waals surface area (Å²) in [5.74, 6) is 0.460. The molecule has 1 aromatic heterocycles. The molecule has 1 N–H and O–H groups in total. The molecular formula is C9H13N3O. The predicted molar refractivity (Wildman–Crippen MR) is 52.9 cm³/mol. The van der Waals surface area contributed by atoms with E-state index in [0.717, 1.165) is 5.69 Å². The van der Waals surface area contributed by atoms with E-state index in [4.69, 9.17) is 0 Å². The van der Waals surface area contributed by atoms with Gasteiger partial charge in [-0.2, -0.15) is 0 Å². The zero-order chi connectivity index (χ0) is 10.0. The lowest BCUT2D eigenvalue weighted by Crippen LogP contribution is -2.16. The highest BCUT2D eigenvalue weighted by Gasteiger charge is 2.10. The number of rotatable bonds is 2. The highest BCUT2D eigenvalue weighted by molar-refractivity contribution is 5.36. The van der Waals surface area contributed by atoms with Crippen LogP contribution in [0.5, 0.6) is 0 Å². The molecule has 0 amide bonds. The van der Waals surface area contributed by atoms with E-state index in [0.29, 0.717) is 5.56 Å². The number of H-pyrrole nitrogens is 1. The van der Waals surface area contributed by atoms with Gasteiger partial charge in [0.15, 0.2) is 0 Å². The van der Waals surface area contributed by atoms with E-state index in [2.05, 4.69) is 21.7 Å². The normalized spacial score (nSPS) is 10.5. The van der Waals surface area contributed by atoms with Crippen molar-refractivity contribution >= 4 is 12.7 Å². The van der Waals surface area contributed by atoms with E-state index < -0.39 is 0 Å². The molecule has 4 nitrogen and oxygen atoms in total. The quantitative estimate of drug-likeness (QED) is 0.700. The topological polar surface area (TPSA) is 58.1 Å². The monoisotopic (exact) mass is 179 g/mol. The number of hydrogen-bond acceptors (Lipinski definition) is 3. The molecular weight excluding hydrogens is 166 g/mol. The van der Waals surface area contributed by atoms with Gasteiger partial charge in [-0.05, 0) is 19.6 Å². The number of hydrogen-bond donors (Lipinski definition) is 1. The predicted octanol–water partition coefficient (Wildman–Crippen LogP) is 1.53. The fourth-order valence-corrected chi connectivity index (χ4v) is 1.34. The molecule has 0 aliphatic rings. The lowest BCUT2D eigenvalue weighted by atomic mass is 10.0. The van der Waals surface area contributed by atoms with Crippen LogP contribution in [0.2, 0.25) is 0 Å². The molecule has 0 aromatic carbocycles. The summed E-state index contributed by atoms with van der Waals surface area (Å²) in [7, 11) is 0. The van der Waals surface area contributed by atoms with Crippen LogP contribution >= 0.6 is 0 Å². The minimum absolute atomic E-state index is 0.120. The highest BCUT2D eigenvalue weighted by Crippen LogP contribution is 2.13. The molecule has 0 aliphatic carbocycles. The molecule has 0 aliphatic heterocycles. The Morgan fingerprint density at radius 3 is 2.54 bits per heavy atom. The van der Waals surface area contributed by atoms with Crippen LogP contribution in [0.15, 0.2) is 9.79 Å². The van der Waals surface area contributed by atoms with Crippen LogP contribution in [-0.4, -0.2) is 16.7 Å². The molecule has 0 fully saturated rings. The second-order valence-electron chi connectivity index (χ2n) is 3.20. The summed E-state index contributed by atoms with van der Waals surface area (Å²) < 4.78 is 0. The molecule has 0 radical (unpaired) electrons. The Balaban J connectivity index is 3.40. The maximum absolute atomic E-state index is 11.5. The van der Waals surface area contributed by atoms with Crippen molar-refractivity contribution in [1.82, 2.24) is 9.97 Å². The van der Waals surface area contributed by atoms with Crippen molar-refractivity contribution in [3.63, 3.8) is 0 Å². The maximum atomic E-state index is 11.5. The van der Waals surface area contributed by atoms with E-state index in [1.807, 2.05) is 13.8 Å². The number of aryl methyl sites for hydroxylation is 1. The van der Waals surface area contributed by atoms with Gasteiger partial charge < -0.3 is 0 Å². The van der Waals surface area contributed by atoms with Gasteiger partial charge in [-0.25, -0.2) is 9.98 Å². The Hall–Kier alpha value is -1.45. The van der Waals surface area contributed by atoms with Crippen LogP contribution in [0.4, 0.5) is 5.95 Å². The van der Waals surface area contributed by atoms with E-state index in [9.17, 15) is 4.79 Å². The third-order valence-electron chi connectivity index (χ3n) is 1.86. The third-order valence-corrected chi connectivity index (χ3v) is 1.86. The first kappa shape index (κ1) is 9.64. The molecule has 0 spiro atoms. The first-order chi connectivity index (χ1) is 6.06. The van der Waals surface area contributed by atoms with Gasteiger partial charge in [0.05, 0.1) is 5.69 Å². The summed E-state index contributed by atoms with van der Waals surface area (Å²) in [6.45, 7) is 9.03. The van der Waals surface area contributed by atoms with Gasteiger partial charge in [-0.1, -0.05) is 13.8 Å². The van der Waals surface area contributed by atoms with E-state index >= 15 is 0 Å². The Kier molecular flexibility index (Phi) is 2.60. The average molecular weight is 179 g/mol. The fourth-order valence-electron chi connectivity index (χ4n) is 1.34. The second kappa shape index (κ2) is 3.51. The number of aliphatic imine (C=N–C) groups is 1. The van der Waals surface area contributed by atoms with Crippen LogP contribution < -0.4 is 5.56 Å². The summed E-state index contributed by atoms with van der Waals surface area (Å²) in [6, 6.07) is 0. The fraction of sp³-hybridized carbons (Fsp3) is 0.444. The van der Waals surface area contributed by atoms with Gasteiger partial charge in [0.25, 0.3) is 5.56 Å². The van der Waals surface area contributed by atoms with Gasteiger partial charge >= 0.3 is 0 Å². The van der Waals surface area contributed by atoms with E-state index in [-0.39, 0.29) is 17.4 Å². The molecule has 1 rings (SSSR count). The zero-order valence-electron chi connectivity index (χ0n) is 8.09. The summed E-state index contributed by atoms with van der Waals surface area (Å²) in [4.78, 5) is 21.7. The first-order valence-corrected chi connectivity index (χ1v) is 4.13. The molecule has 1 heterocycles. The molecule has 13 heavy (non-hydrogen) atoms. The first-order valence-electron chi connectivity index (χ1n) is 4.13. The van der Waals surface area contributed by atoms with Gasteiger partial charge in [-0.3, -0.25) is 9.78 Å². The Labute approximate surface area is 76.8 Å². The molecule has 0 saturated heterocycles. The van der Waals surface area contributed by atoms with Gasteiger partial charge in [0.1, 0.15) is 0 Å². The molecule has 0 atom stereocenters. The molecule has 4 heteroatoms. The minimum atomic E-state index is -0.120. The van der Waals surface area contributed by atoms with Crippen molar-refractivity contribution in [1.29, 1.82) is 0 Å². The lowest BCUT2D eigenvalue weighted by molar-refractivity contribution is 0.813. The molecule has 1 aromatic rings. The lowest BCUT2D eigenvalue weighted by Gasteiger charge is -2.06.